The van der Waals surface area contributed by atoms with Crippen LogP contribution in [0.1, 0.15) is 52.9 Å². The molecule has 3 aromatic carbocycles. The molecule has 1 fully saturated rings. The summed E-state index contributed by atoms with van der Waals surface area (Å²) in [5.74, 6) is -4.17. The summed E-state index contributed by atoms with van der Waals surface area (Å²) < 4.78 is 83.2. The molecule has 1 saturated carbocycles. The van der Waals surface area contributed by atoms with Crippen LogP contribution in [0.15, 0.2) is 54.6 Å². The van der Waals surface area contributed by atoms with Crippen LogP contribution in [0, 0.1) is 23.4 Å². The molecule has 1 aliphatic carbocycles. The summed E-state index contributed by atoms with van der Waals surface area (Å²) >= 11 is 0. The molecule has 184 valence electrons. The second kappa shape index (κ2) is 10.1. The highest BCUT2D eigenvalue weighted by atomic mass is 19.4. The van der Waals surface area contributed by atoms with Gasteiger partial charge < -0.3 is 4.74 Å². The summed E-state index contributed by atoms with van der Waals surface area (Å²) in [5, 5.41) is 0. The van der Waals surface area contributed by atoms with Gasteiger partial charge in [0.05, 0.1) is 0 Å². The highest BCUT2D eigenvalue weighted by Crippen LogP contribution is 2.37. The minimum absolute atomic E-state index is 0. The summed E-state index contributed by atoms with van der Waals surface area (Å²) in [6.45, 7) is 2.27. The largest absolute Gasteiger partial charge is 0.573 e. The Morgan fingerprint density at radius 1 is 0.735 bits per heavy atom. The van der Waals surface area contributed by atoms with Crippen molar-refractivity contribution in [2.45, 2.75) is 52.3 Å². The number of alkyl halides is 3. The predicted octanol–water partition coefficient (Wildman–Crippen LogP) is 9.51. The van der Waals surface area contributed by atoms with Crippen LogP contribution in [0.5, 0.6) is 5.75 Å². The molecule has 0 aromatic heterocycles. The molecule has 34 heavy (non-hydrogen) atoms. The van der Waals surface area contributed by atoms with Crippen molar-refractivity contribution in [1.29, 1.82) is 0 Å². The van der Waals surface area contributed by atoms with E-state index in [1.807, 2.05) is 24.3 Å². The zero-order valence-electron chi connectivity index (χ0n) is 17.9. The average Bonchev–Trinajstić information content (AvgIpc) is 2.76. The molecule has 1 aliphatic rings. The van der Waals surface area contributed by atoms with Gasteiger partial charge in [0.1, 0.15) is 5.82 Å². The van der Waals surface area contributed by atoms with Gasteiger partial charge in [-0.25, -0.2) is 13.2 Å². The Morgan fingerprint density at radius 2 is 1.26 bits per heavy atom. The molecule has 0 unspecified atom stereocenters. The van der Waals surface area contributed by atoms with Crippen molar-refractivity contribution in [3.8, 4) is 28.0 Å². The second-order valence-corrected chi connectivity index (χ2v) is 8.59. The van der Waals surface area contributed by atoms with Crippen LogP contribution in [0.3, 0.4) is 0 Å². The quantitative estimate of drug-likeness (QED) is 0.337. The summed E-state index contributed by atoms with van der Waals surface area (Å²) in [5.41, 5.74) is 2.26. The number of halogens is 6. The molecule has 0 atom stereocenters. The number of benzene rings is 3. The van der Waals surface area contributed by atoms with E-state index in [1.165, 1.54) is 30.5 Å². The summed E-state index contributed by atoms with van der Waals surface area (Å²) in [6, 6.07) is 13.4. The Hall–Kier alpha value is -2.96. The maximum Gasteiger partial charge on any atom is 0.573 e. The molecule has 0 bridgehead atoms. The van der Waals surface area contributed by atoms with Crippen LogP contribution in [-0.2, 0) is 0 Å². The third kappa shape index (κ3) is 5.75. The minimum Gasteiger partial charge on any atom is -0.399 e. The molecular formula is C27H28F6O. The number of rotatable bonds is 4. The summed E-state index contributed by atoms with van der Waals surface area (Å²) in [6.07, 6.45) is -0.512. The van der Waals surface area contributed by atoms with Gasteiger partial charge in [0.15, 0.2) is 11.6 Å². The number of hydrogen-bond donors (Lipinski definition) is 0. The lowest BCUT2D eigenvalue weighted by molar-refractivity contribution is -0.276. The Bertz CT molecular complexity index is 1110. The Labute approximate surface area is 196 Å². The first kappa shape index (κ1) is 25.7. The molecule has 1 nitrogen and oxygen atoms in total. The summed E-state index contributed by atoms with van der Waals surface area (Å²) in [7, 11) is 0. The highest BCUT2D eigenvalue weighted by molar-refractivity contribution is 5.71. The first-order valence-corrected chi connectivity index (χ1v) is 10.8. The molecule has 0 amide bonds. The normalized spacial score (nSPS) is 18.3. The zero-order valence-corrected chi connectivity index (χ0v) is 17.9. The maximum absolute atomic E-state index is 14.8. The third-order valence-electron chi connectivity index (χ3n) is 6.23. The number of ether oxygens (including phenoxy) is 1. The smallest absolute Gasteiger partial charge is 0.399 e. The highest BCUT2D eigenvalue weighted by Gasteiger charge is 2.34. The van der Waals surface area contributed by atoms with Crippen molar-refractivity contribution in [3.05, 3.63) is 77.6 Å². The lowest BCUT2D eigenvalue weighted by Crippen LogP contribution is -2.19. The first-order valence-electron chi connectivity index (χ1n) is 10.8. The van der Waals surface area contributed by atoms with Gasteiger partial charge >= 0.3 is 6.36 Å². The van der Waals surface area contributed by atoms with Gasteiger partial charge in [0.25, 0.3) is 0 Å². The van der Waals surface area contributed by atoms with E-state index in [9.17, 15) is 26.3 Å². The molecule has 4 rings (SSSR count). The monoisotopic (exact) mass is 482 g/mol. The molecular weight excluding hydrogens is 454 g/mol. The summed E-state index contributed by atoms with van der Waals surface area (Å²) in [4.78, 5) is 0. The van der Waals surface area contributed by atoms with Crippen molar-refractivity contribution in [2.24, 2.45) is 5.92 Å². The zero-order chi connectivity index (χ0) is 23.8. The van der Waals surface area contributed by atoms with Gasteiger partial charge in [-0.2, -0.15) is 0 Å². The van der Waals surface area contributed by atoms with E-state index >= 15 is 0 Å². The van der Waals surface area contributed by atoms with Gasteiger partial charge in [-0.15, -0.1) is 13.2 Å². The van der Waals surface area contributed by atoms with Gasteiger partial charge in [0, 0.05) is 6.99 Å². The SMILES string of the molecule is C.CC1CCC(c2ccc(-c3ccc(-c4cc(F)c(OC(F)(F)F)c(F)c4)c(F)c3)cc2)CC1.[HH]. The van der Waals surface area contributed by atoms with E-state index in [0.29, 0.717) is 23.6 Å². The molecule has 0 heterocycles. The standard InChI is InChI=1S/C26H22F6O.CH4.H2/c1-15-2-4-16(5-3-15)17-6-8-18(9-7-17)19-10-11-21(22(27)12-19)20-13-23(28)25(24(29)14-20)33-26(30,31)32;;/h6-16H,2-5H2,1H3;1H4;1H. The molecule has 0 spiro atoms. The molecule has 3 aromatic rings. The first-order chi connectivity index (χ1) is 15.6. The van der Waals surface area contributed by atoms with E-state index in [-0.39, 0.29) is 20.0 Å². The maximum atomic E-state index is 14.8. The molecule has 7 heteroatoms. The van der Waals surface area contributed by atoms with Crippen molar-refractivity contribution in [3.63, 3.8) is 0 Å². The Balaban J connectivity index is 0.00000216. The fraction of sp³-hybridized carbons (Fsp3) is 0.333. The molecule has 0 N–H and O–H groups in total. The van der Waals surface area contributed by atoms with Crippen LogP contribution in [0.2, 0.25) is 0 Å². The molecule has 0 aliphatic heterocycles. The van der Waals surface area contributed by atoms with Crippen LogP contribution < -0.4 is 4.74 Å². The van der Waals surface area contributed by atoms with Crippen molar-refractivity contribution < 1.29 is 32.5 Å². The van der Waals surface area contributed by atoms with Crippen molar-refractivity contribution in [2.75, 3.05) is 0 Å². The van der Waals surface area contributed by atoms with Gasteiger partial charge in [0.2, 0.25) is 5.75 Å². The number of hydrogen-bond acceptors (Lipinski definition) is 1. The second-order valence-electron chi connectivity index (χ2n) is 8.59. The van der Waals surface area contributed by atoms with Gasteiger partial charge in [-0.05, 0) is 65.1 Å². The predicted molar refractivity (Wildman–Crippen MR) is 123 cm³/mol. The lowest BCUT2D eigenvalue weighted by atomic mass is 9.79. The van der Waals surface area contributed by atoms with Crippen molar-refractivity contribution >= 4 is 0 Å². The van der Waals surface area contributed by atoms with E-state index in [1.54, 1.807) is 6.07 Å². The minimum atomic E-state index is -5.25. The van der Waals surface area contributed by atoms with Gasteiger partial charge in [-0.1, -0.05) is 63.6 Å². The van der Waals surface area contributed by atoms with Crippen LogP contribution in [0.25, 0.3) is 22.3 Å². The third-order valence-corrected chi connectivity index (χ3v) is 6.23. The lowest BCUT2D eigenvalue weighted by Gasteiger charge is -2.26. The Kier molecular flexibility index (Phi) is 7.64. The fourth-order valence-electron chi connectivity index (χ4n) is 4.40. The van der Waals surface area contributed by atoms with Crippen LogP contribution in [-0.4, -0.2) is 6.36 Å². The van der Waals surface area contributed by atoms with E-state index in [0.717, 1.165) is 24.3 Å². The van der Waals surface area contributed by atoms with E-state index in [4.69, 9.17) is 0 Å². The molecule has 0 saturated heterocycles. The Morgan fingerprint density at radius 3 is 1.79 bits per heavy atom. The van der Waals surface area contributed by atoms with Crippen molar-refractivity contribution in [1.82, 2.24) is 0 Å². The molecule has 0 radical (unpaired) electrons. The fourth-order valence-corrected chi connectivity index (χ4v) is 4.40. The van der Waals surface area contributed by atoms with Crippen LogP contribution in [0.4, 0.5) is 26.3 Å². The topological polar surface area (TPSA) is 9.23 Å². The average molecular weight is 483 g/mol. The van der Waals surface area contributed by atoms with E-state index in [2.05, 4.69) is 11.7 Å². The van der Waals surface area contributed by atoms with Gasteiger partial charge in [-0.3, -0.25) is 0 Å². The van der Waals surface area contributed by atoms with E-state index < -0.39 is 29.6 Å². The van der Waals surface area contributed by atoms with Crippen LogP contribution >= 0.6 is 0 Å².